The highest BCUT2D eigenvalue weighted by molar-refractivity contribution is 9.09. The van der Waals surface area contributed by atoms with Crippen molar-refractivity contribution in [3.63, 3.8) is 0 Å². The molecule has 0 saturated carbocycles. The quantitative estimate of drug-likeness (QED) is 0.615. The van der Waals surface area contributed by atoms with E-state index in [4.69, 9.17) is 0 Å². The largest absolute Gasteiger partial charge is 0.303 e. The molecule has 0 bridgehead atoms. The van der Waals surface area contributed by atoms with Gasteiger partial charge in [0.2, 0.25) is 0 Å². The number of hydrogen-bond acceptors (Lipinski definition) is 1. The van der Waals surface area contributed by atoms with Crippen LogP contribution in [-0.4, -0.2) is 29.9 Å². The summed E-state index contributed by atoms with van der Waals surface area (Å²) in [6.45, 7) is 6.17. The van der Waals surface area contributed by atoms with Crippen LogP contribution < -0.4 is 0 Å². The first-order valence-electron chi connectivity index (χ1n) is 3.65. The van der Waals surface area contributed by atoms with E-state index in [9.17, 15) is 0 Å². The van der Waals surface area contributed by atoms with Gasteiger partial charge >= 0.3 is 0 Å². The monoisotopic (exact) mass is 191 g/mol. The van der Waals surface area contributed by atoms with E-state index in [-0.39, 0.29) is 0 Å². The van der Waals surface area contributed by atoms with Crippen LogP contribution in [0.5, 0.6) is 0 Å². The van der Waals surface area contributed by atoms with E-state index in [1.54, 1.807) is 0 Å². The van der Waals surface area contributed by atoms with Crippen LogP contribution in [0.4, 0.5) is 0 Å². The van der Waals surface area contributed by atoms with Crippen LogP contribution in [0, 0.1) is 5.92 Å². The van der Waals surface area contributed by atoms with Gasteiger partial charge < -0.3 is 4.90 Å². The lowest BCUT2D eigenvalue weighted by Gasteiger charge is -2.38. The average molecular weight is 192 g/mol. The van der Waals surface area contributed by atoms with Crippen LogP contribution in [-0.2, 0) is 0 Å². The topological polar surface area (TPSA) is 3.24 Å². The van der Waals surface area contributed by atoms with Crippen LogP contribution in [0.1, 0.15) is 13.3 Å². The molecule has 0 radical (unpaired) electrons. The first kappa shape index (κ1) is 7.55. The fourth-order valence-corrected chi connectivity index (χ4v) is 1.68. The Labute approximate surface area is 65.6 Å². The Morgan fingerprint density at radius 1 is 1.56 bits per heavy atom. The lowest BCUT2D eigenvalue weighted by atomic mass is 10.0. The zero-order valence-corrected chi connectivity index (χ0v) is 7.52. The zero-order chi connectivity index (χ0) is 6.69. The number of halogens is 1. The molecule has 54 valence electrons. The maximum atomic E-state index is 3.48. The average Bonchev–Trinajstić information content (AvgIpc) is 1.77. The Bertz CT molecular complexity index is 79.0. The summed E-state index contributed by atoms with van der Waals surface area (Å²) >= 11 is 3.48. The second kappa shape index (κ2) is 3.57. The van der Waals surface area contributed by atoms with Gasteiger partial charge in [0.1, 0.15) is 0 Å². The van der Waals surface area contributed by atoms with Gasteiger partial charge in [0.15, 0.2) is 0 Å². The molecular formula is C7H14BrN. The SMILES string of the molecule is CCCN1CC(CBr)C1. The van der Waals surface area contributed by atoms with Gasteiger partial charge in [-0.25, -0.2) is 0 Å². The molecule has 1 nitrogen and oxygen atoms in total. The lowest BCUT2D eigenvalue weighted by Crippen LogP contribution is -2.47. The molecule has 0 N–H and O–H groups in total. The van der Waals surface area contributed by atoms with Crippen molar-refractivity contribution in [3.05, 3.63) is 0 Å². The van der Waals surface area contributed by atoms with E-state index in [0.717, 1.165) is 5.92 Å². The summed E-state index contributed by atoms with van der Waals surface area (Å²) in [7, 11) is 0. The molecule has 0 aromatic carbocycles. The fourth-order valence-electron chi connectivity index (χ4n) is 1.27. The highest BCUT2D eigenvalue weighted by atomic mass is 79.9. The Hall–Kier alpha value is 0.440. The number of nitrogens with zero attached hydrogens (tertiary/aromatic N) is 1. The first-order valence-corrected chi connectivity index (χ1v) is 4.77. The fraction of sp³-hybridized carbons (Fsp3) is 1.00. The van der Waals surface area contributed by atoms with Gasteiger partial charge in [-0.1, -0.05) is 22.9 Å². The third-order valence-electron chi connectivity index (χ3n) is 1.79. The molecule has 0 aromatic heterocycles. The van der Waals surface area contributed by atoms with Gasteiger partial charge in [-0.2, -0.15) is 0 Å². The molecule has 2 heteroatoms. The van der Waals surface area contributed by atoms with E-state index < -0.39 is 0 Å². The molecule has 1 saturated heterocycles. The van der Waals surface area contributed by atoms with Gasteiger partial charge in [-0.15, -0.1) is 0 Å². The Morgan fingerprint density at radius 3 is 2.67 bits per heavy atom. The van der Waals surface area contributed by atoms with Crippen molar-refractivity contribution in [2.45, 2.75) is 13.3 Å². The van der Waals surface area contributed by atoms with Gasteiger partial charge in [-0.05, 0) is 18.9 Å². The van der Waals surface area contributed by atoms with E-state index in [1.807, 2.05) is 0 Å². The number of hydrogen-bond donors (Lipinski definition) is 0. The maximum Gasteiger partial charge on any atom is 0.00841 e. The zero-order valence-electron chi connectivity index (χ0n) is 5.94. The third kappa shape index (κ3) is 1.94. The molecule has 0 atom stereocenters. The van der Waals surface area contributed by atoms with Crippen molar-refractivity contribution in [1.82, 2.24) is 4.90 Å². The van der Waals surface area contributed by atoms with Crippen LogP contribution in [0.15, 0.2) is 0 Å². The number of likely N-dealkylation sites (tertiary alicyclic amines) is 1. The van der Waals surface area contributed by atoms with Crippen molar-refractivity contribution >= 4 is 15.9 Å². The van der Waals surface area contributed by atoms with E-state index in [2.05, 4.69) is 27.8 Å². The summed E-state index contributed by atoms with van der Waals surface area (Å²) < 4.78 is 0. The Morgan fingerprint density at radius 2 is 2.22 bits per heavy atom. The smallest absolute Gasteiger partial charge is 0.00841 e. The van der Waals surface area contributed by atoms with E-state index in [0.29, 0.717) is 0 Å². The first-order chi connectivity index (χ1) is 4.36. The molecule has 1 heterocycles. The van der Waals surface area contributed by atoms with Gasteiger partial charge in [0.25, 0.3) is 0 Å². The van der Waals surface area contributed by atoms with Crippen molar-refractivity contribution in [1.29, 1.82) is 0 Å². The molecule has 1 aliphatic heterocycles. The minimum absolute atomic E-state index is 0.941. The highest BCUT2D eigenvalue weighted by Crippen LogP contribution is 2.16. The van der Waals surface area contributed by atoms with E-state index >= 15 is 0 Å². The van der Waals surface area contributed by atoms with E-state index in [1.165, 1.54) is 31.4 Å². The van der Waals surface area contributed by atoms with Crippen LogP contribution in [0.2, 0.25) is 0 Å². The van der Waals surface area contributed by atoms with Crippen molar-refractivity contribution in [2.75, 3.05) is 25.0 Å². The van der Waals surface area contributed by atoms with Gasteiger partial charge in [0, 0.05) is 18.4 Å². The molecular weight excluding hydrogens is 178 g/mol. The molecule has 0 spiro atoms. The molecule has 0 aliphatic carbocycles. The van der Waals surface area contributed by atoms with Crippen molar-refractivity contribution in [3.8, 4) is 0 Å². The maximum absolute atomic E-state index is 3.48. The van der Waals surface area contributed by atoms with Gasteiger partial charge in [-0.3, -0.25) is 0 Å². The lowest BCUT2D eigenvalue weighted by molar-refractivity contribution is 0.117. The Kier molecular flexibility index (Phi) is 2.99. The molecule has 9 heavy (non-hydrogen) atoms. The van der Waals surface area contributed by atoms with Gasteiger partial charge in [0.05, 0.1) is 0 Å². The van der Waals surface area contributed by atoms with Crippen LogP contribution in [0.25, 0.3) is 0 Å². The van der Waals surface area contributed by atoms with Crippen LogP contribution in [0.3, 0.4) is 0 Å². The van der Waals surface area contributed by atoms with Crippen molar-refractivity contribution < 1.29 is 0 Å². The predicted molar refractivity (Wildman–Crippen MR) is 44.0 cm³/mol. The standard InChI is InChI=1S/C7H14BrN/c1-2-3-9-5-7(4-8)6-9/h7H,2-6H2,1H3. The molecule has 1 rings (SSSR count). The molecule has 1 aliphatic rings. The normalized spacial score (nSPS) is 22.0. The molecule has 0 unspecified atom stereocenters. The number of alkyl halides is 1. The second-order valence-electron chi connectivity index (χ2n) is 2.78. The second-order valence-corrected chi connectivity index (χ2v) is 3.43. The van der Waals surface area contributed by atoms with Crippen molar-refractivity contribution in [2.24, 2.45) is 5.92 Å². The summed E-state index contributed by atoms with van der Waals surface area (Å²) in [4.78, 5) is 2.51. The summed E-state index contributed by atoms with van der Waals surface area (Å²) in [6.07, 6.45) is 1.30. The third-order valence-corrected chi connectivity index (χ3v) is 2.71. The molecule has 0 amide bonds. The predicted octanol–water partition coefficient (Wildman–Crippen LogP) is 1.72. The molecule has 1 fully saturated rings. The summed E-state index contributed by atoms with van der Waals surface area (Å²) in [5, 5.41) is 1.19. The summed E-state index contributed by atoms with van der Waals surface area (Å²) in [5.41, 5.74) is 0. The minimum atomic E-state index is 0.941. The van der Waals surface area contributed by atoms with Crippen LogP contribution >= 0.6 is 15.9 Å². The summed E-state index contributed by atoms with van der Waals surface area (Å²) in [5.74, 6) is 0.941. The minimum Gasteiger partial charge on any atom is -0.303 e. The summed E-state index contributed by atoms with van der Waals surface area (Å²) in [6, 6.07) is 0. The Balaban J connectivity index is 1.98. The highest BCUT2D eigenvalue weighted by Gasteiger charge is 2.23. The molecule has 0 aromatic rings. The number of rotatable bonds is 3.